The van der Waals surface area contributed by atoms with Gasteiger partial charge in [0.2, 0.25) is 0 Å². The van der Waals surface area contributed by atoms with Crippen molar-refractivity contribution in [1.82, 2.24) is 9.88 Å². The third kappa shape index (κ3) is 3.18. The third-order valence-electron chi connectivity index (χ3n) is 2.93. The first-order valence-corrected chi connectivity index (χ1v) is 6.83. The molecule has 1 atom stereocenters. The van der Waals surface area contributed by atoms with Gasteiger partial charge < -0.3 is 15.2 Å². The number of anilines is 1. The molecule has 2 heterocycles. The molecule has 1 unspecified atom stereocenters. The molecular weight excluding hydrogens is 254 g/mol. The summed E-state index contributed by atoms with van der Waals surface area (Å²) in [7, 11) is 0. The lowest BCUT2D eigenvalue weighted by molar-refractivity contribution is -0.0191. The van der Waals surface area contributed by atoms with Crippen molar-refractivity contribution in [2.45, 2.75) is 13.0 Å². The Morgan fingerprint density at radius 1 is 1.78 bits per heavy atom. The van der Waals surface area contributed by atoms with Crippen molar-refractivity contribution in [3.63, 3.8) is 0 Å². The number of aromatic carboxylic acids is 1. The number of ether oxygens (including phenoxy) is 1. The number of carbonyl (C=O) groups is 1. The van der Waals surface area contributed by atoms with Crippen molar-refractivity contribution in [3.05, 3.63) is 11.2 Å². The molecule has 0 aromatic carbocycles. The Morgan fingerprint density at radius 2 is 2.61 bits per heavy atom. The summed E-state index contributed by atoms with van der Waals surface area (Å²) in [6.07, 6.45) is 0.0995. The molecule has 0 radical (unpaired) electrons. The maximum atomic E-state index is 10.9. The summed E-state index contributed by atoms with van der Waals surface area (Å²) in [6.45, 7) is 6.33. The van der Waals surface area contributed by atoms with E-state index in [9.17, 15) is 4.79 Å². The summed E-state index contributed by atoms with van der Waals surface area (Å²) in [4.78, 5) is 17.0. The van der Waals surface area contributed by atoms with Crippen LogP contribution >= 0.6 is 11.3 Å². The molecule has 6 nitrogen and oxygen atoms in total. The summed E-state index contributed by atoms with van der Waals surface area (Å²) in [6, 6.07) is 0. The summed E-state index contributed by atoms with van der Waals surface area (Å²) in [5, 5.41) is 12.6. The Kier molecular flexibility index (Phi) is 4.51. The van der Waals surface area contributed by atoms with Crippen molar-refractivity contribution in [2.24, 2.45) is 0 Å². The van der Waals surface area contributed by atoms with Crippen LogP contribution in [0.3, 0.4) is 0 Å². The zero-order chi connectivity index (χ0) is 13.0. The van der Waals surface area contributed by atoms with Crippen LogP contribution in [0.5, 0.6) is 0 Å². The van der Waals surface area contributed by atoms with E-state index in [-0.39, 0.29) is 11.8 Å². The van der Waals surface area contributed by atoms with Gasteiger partial charge in [-0.2, -0.15) is 0 Å². The van der Waals surface area contributed by atoms with E-state index in [0.29, 0.717) is 11.5 Å². The van der Waals surface area contributed by atoms with Gasteiger partial charge in [0.05, 0.1) is 18.2 Å². The number of hydrogen-bond donors (Lipinski definition) is 2. The van der Waals surface area contributed by atoms with Crippen LogP contribution in [0.15, 0.2) is 5.51 Å². The maximum Gasteiger partial charge on any atom is 0.357 e. The number of nitrogens with zero attached hydrogens (tertiary/aromatic N) is 2. The lowest BCUT2D eigenvalue weighted by Gasteiger charge is -2.32. The molecule has 2 rings (SSSR count). The fraction of sp³-hybridized carbons (Fsp3) is 0.636. The van der Waals surface area contributed by atoms with Crippen molar-refractivity contribution in [2.75, 3.05) is 38.1 Å². The molecule has 1 aliphatic heterocycles. The van der Waals surface area contributed by atoms with Gasteiger partial charge in [-0.15, -0.1) is 11.3 Å². The summed E-state index contributed by atoms with van der Waals surface area (Å²) in [5.41, 5.74) is 1.62. The lowest BCUT2D eigenvalue weighted by atomic mass is 10.2. The number of nitrogens with one attached hydrogen (secondary N) is 1. The Labute approximate surface area is 110 Å². The van der Waals surface area contributed by atoms with Gasteiger partial charge in [0, 0.05) is 19.6 Å². The average molecular weight is 271 g/mol. The van der Waals surface area contributed by atoms with E-state index in [2.05, 4.69) is 22.1 Å². The number of thiazole rings is 1. The number of likely N-dealkylation sites (N-methyl/N-ethyl adjacent to an activating group) is 1. The van der Waals surface area contributed by atoms with Crippen LogP contribution in [-0.4, -0.2) is 59.8 Å². The highest BCUT2D eigenvalue weighted by molar-refractivity contribution is 7.14. The second-order valence-corrected chi connectivity index (χ2v) is 4.96. The summed E-state index contributed by atoms with van der Waals surface area (Å²) in [5.74, 6) is -1.00. The van der Waals surface area contributed by atoms with Gasteiger partial charge in [0.15, 0.2) is 5.69 Å². The number of morpholine rings is 1. The maximum absolute atomic E-state index is 10.9. The SMILES string of the molecule is CCN1CCOC(CNc2scnc2C(=O)O)C1. The first kappa shape index (κ1) is 13.3. The normalized spacial score (nSPS) is 20.8. The predicted molar refractivity (Wildman–Crippen MR) is 69.4 cm³/mol. The van der Waals surface area contributed by atoms with E-state index in [0.717, 1.165) is 26.2 Å². The molecule has 0 amide bonds. The quantitative estimate of drug-likeness (QED) is 0.831. The van der Waals surface area contributed by atoms with Crippen LogP contribution in [0.1, 0.15) is 17.4 Å². The second kappa shape index (κ2) is 6.12. The second-order valence-electron chi connectivity index (χ2n) is 4.10. The standard InChI is InChI=1S/C11H17N3O3S/c1-2-14-3-4-17-8(6-14)5-12-10-9(11(15)16)13-7-18-10/h7-8,12H,2-6H2,1H3,(H,15,16). The fourth-order valence-electron chi connectivity index (χ4n) is 1.92. The minimum absolute atomic E-state index is 0.0863. The Bertz CT molecular complexity index is 410. The smallest absolute Gasteiger partial charge is 0.357 e. The topological polar surface area (TPSA) is 74.7 Å². The van der Waals surface area contributed by atoms with E-state index < -0.39 is 5.97 Å². The fourth-order valence-corrected chi connectivity index (χ4v) is 2.60. The molecule has 100 valence electrons. The Hall–Kier alpha value is -1.18. The molecule has 18 heavy (non-hydrogen) atoms. The molecule has 0 bridgehead atoms. The molecule has 1 saturated heterocycles. The largest absolute Gasteiger partial charge is 0.476 e. The highest BCUT2D eigenvalue weighted by Crippen LogP contribution is 2.20. The van der Waals surface area contributed by atoms with Gasteiger partial charge in [-0.05, 0) is 6.54 Å². The average Bonchev–Trinajstić information content (AvgIpc) is 2.85. The molecule has 0 aliphatic carbocycles. The van der Waals surface area contributed by atoms with Crippen LogP contribution in [0.4, 0.5) is 5.00 Å². The molecule has 1 aliphatic rings. The number of hydrogen-bond acceptors (Lipinski definition) is 6. The van der Waals surface area contributed by atoms with Gasteiger partial charge in [-0.3, -0.25) is 4.90 Å². The molecular formula is C11H17N3O3S. The highest BCUT2D eigenvalue weighted by atomic mass is 32.1. The molecule has 2 N–H and O–H groups in total. The summed E-state index contributed by atoms with van der Waals surface area (Å²) < 4.78 is 5.64. The van der Waals surface area contributed by atoms with E-state index in [1.165, 1.54) is 16.8 Å². The minimum Gasteiger partial charge on any atom is -0.476 e. The number of aromatic nitrogens is 1. The highest BCUT2D eigenvalue weighted by Gasteiger charge is 2.20. The third-order valence-corrected chi connectivity index (χ3v) is 3.71. The first-order chi connectivity index (χ1) is 8.70. The van der Waals surface area contributed by atoms with Gasteiger partial charge in [-0.1, -0.05) is 6.92 Å². The van der Waals surface area contributed by atoms with E-state index in [1.807, 2.05) is 0 Å². The van der Waals surface area contributed by atoms with Crippen LogP contribution < -0.4 is 5.32 Å². The van der Waals surface area contributed by atoms with E-state index in [1.54, 1.807) is 0 Å². The minimum atomic E-state index is -1.00. The van der Waals surface area contributed by atoms with E-state index >= 15 is 0 Å². The molecule has 1 aromatic heterocycles. The zero-order valence-corrected chi connectivity index (χ0v) is 11.1. The molecule has 7 heteroatoms. The van der Waals surface area contributed by atoms with Gasteiger partial charge in [0.1, 0.15) is 5.00 Å². The van der Waals surface area contributed by atoms with Crippen molar-refractivity contribution in [3.8, 4) is 0 Å². The lowest BCUT2D eigenvalue weighted by Crippen LogP contribution is -2.45. The Balaban J connectivity index is 1.87. The molecule has 0 spiro atoms. The van der Waals surface area contributed by atoms with Crippen LogP contribution in [0.2, 0.25) is 0 Å². The van der Waals surface area contributed by atoms with Gasteiger partial charge >= 0.3 is 5.97 Å². The number of rotatable bonds is 5. The predicted octanol–water partition coefficient (Wildman–Crippen LogP) is 0.974. The number of carboxylic acid groups (broad SMARTS) is 1. The van der Waals surface area contributed by atoms with Crippen LogP contribution in [0, 0.1) is 0 Å². The van der Waals surface area contributed by atoms with Crippen molar-refractivity contribution >= 4 is 22.3 Å². The van der Waals surface area contributed by atoms with E-state index in [4.69, 9.17) is 9.84 Å². The van der Waals surface area contributed by atoms with Crippen LogP contribution in [0.25, 0.3) is 0 Å². The van der Waals surface area contributed by atoms with Crippen molar-refractivity contribution in [1.29, 1.82) is 0 Å². The summed E-state index contributed by atoms with van der Waals surface area (Å²) >= 11 is 1.30. The van der Waals surface area contributed by atoms with Crippen LogP contribution in [-0.2, 0) is 4.74 Å². The molecule has 1 fully saturated rings. The molecule has 0 saturated carbocycles. The van der Waals surface area contributed by atoms with Gasteiger partial charge in [0.25, 0.3) is 0 Å². The first-order valence-electron chi connectivity index (χ1n) is 5.95. The van der Waals surface area contributed by atoms with Gasteiger partial charge in [-0.25, -0.2) is 9.78 Å². The zero-order valence-electron chi connectivity index (χ0n) is 10.3. The Morgan fingerprint density at radius 3 is 3.33 bits per heavy atom. The number of carboxylic acids is 1. The monoisotopic (exact) mass is 271 g/mol. The van der Waals surface area contributed by atoms with Crippen molar-refractivity contribution < 1.29 is 14.6 Å². The molecule has 1 aromatic rings.